The Bertz CT molecular complexity index is 1020. The third-order valence-corrected chi connectivity index (χ3v) is 5.23. The van der Waals surface area contributed by atoms with Crippen molar-refractivity contribution in [2.24, 2.45) is 0 Å². The number of nitrogens with zero attached hydrogens (tertiary/aromatic N) is 4. The highest BCUT2D eigenvalue weighted by Gasteiger charge is 2.29. The molecule has 4 rings (SSSR count). The van der Waals surface area contributed by atoms with Gasteiger partial charge in [-0.15, -0.1) is 0 Å². The summed E-state index contributed by atoms with van der Waals surface area (Å²) in [5, 5.41) is 8.30. The maximum Gasteiger partial charge on any atom is 0.226 e. The van der Waals surface area contributed by atoms with Gasteiger partial charge in [-0.2, -0.15) is 15.1 Å². The zero-order chi connectivity index (χ0) is 21.1. The first-order valence-electron chi connectivity index (χ1n) is 9.27. The summed E-state index contributed by atoms with van der Waals surface area (Å²) in [6, 6.07) is 6.29. The largest absolute Gasteiger partial charge is 0.369 e. The Morgan fingerprint density at radius 3 is 3.00 bits per heavy atom. The van der Waals surface area contributed by atoms with Gasteiger partial charge >= 0.3 is 0 Å². The fraction of sp³-hybridized carbons (Fsp3) is 0.389. The van der Waals surface area contributed by atoms with Gasteiger partial charge in [0.15, 0.2) is 20.3 Å². The number of hydrogen-bond donors (Lipinski definition) is 3. The molecule has 1 aromatic carbocycles. The summed E-state index contributed by atoms with van der Waals surface area (Å²) >= 11 is 6.12. The van der Waals surface area contributed by atoms with Gasteiger partial charge in [0, 0.05) is 6.54 Å². The van der Waals surface area contributed by atoms with Crippen LogP contribution in [0.5, 0.6) is 0 Å². The number of nitrogens with one attached hydrogen (secondary N) is 1. The molecule has 12 heteroatoms. The Morgan fingerprint density at radius 2 is 2.20 bits per heavy atom. The first-order valence-corrected chi connectivity index (χ1v) is 11.1. The molecule has 0 aliphatic carbocycles. The van der Waals surface area contributed by atoms with Gasteiger partial charge in [0.25, 0.3) is 0 Å². The monoisotopic (exact) mass is 455 g/mol. The number of anilines is 1. The second kappa shape index (κ2) is 9.47. The maximum absolute atomic E-state index is 13.4. The highest BCUT2D eigenvalue weighted by atomic mass is 35.5. The van der Waals surface area contributed by atoms with Crippen molar-refractivity contribution in [3.8, 4) is 0 Å². The van der Waals surface area contributed by atoms with Crippen LogP contribution >= 0.6 is 20.0 Å². The Morgan fingerprint density at radius 1 is 1.33 bits per heavy atom. The number of halogens is 2. The molecule has 30 heavy (non-hydrogen) atoms. The summed E-state index contributed by atoms with van der Waals surface area (Å²) in [5.74, 6) is 0.192. The topological polar surface area (TPSA) is 115 Å². The molecule has 0 amide bonds. The van der Waals surface area contributed by atoms with E-state index in [0.717, 1.165) is 12.0 Å². The normalized spacial score (nSPS) is 19.1. The Labute approximate surface area is 177 Å². The molecule has 2 unspecified atom stereocenters. The molecule has 1 aliphatic rings. The van der Waals surface area contributed by atoms with Crippen LogP contribution in [-0.2, 0) is 16.0 Å². The molecule has 9 nitrogen and oxygen atoms in total. The van der Waals surface area contributed by atoms with E-state index in [1.807, 2.05) is 6.07 Å². The lowest BCUT2D eigenvalue weighted by Crippen LogP contribution is -2.17. The van der Waals surface area contributed by atoms with Crippen LogP contribution in [-0.4, -0.2) is 48.6 Å². The Hall–Kier alpha value is -1.94. The molecule has 1 aliphatic heterocycles. The lowest BCUT2D eigenvalue weighted by Gasteiger charge is -2.15. The first-order chi connectivity index (χ1) is 14.5. The average Bonchev–Trinajstić information content (AvgIpc) is 3.32. The van der Waals surface area contributed by atoms with Crippen molar-refractivity contribution in [3.05, 3.63) is 47.1 Å². The highest BCUT2D eigenvalue weighted by Crippen LogP contribution is 2.32. The number of aromatic nitrogens is 4. The number of fused-ring (bicyclic) bond motifs is 1. The van der Waals surface area contributed by atoms with Gasteiger partial charge in [-0.3, -0.25) is 0 Å². The van der Waals surface area contributed by atoms with Crippen LogP contribution in [0.2, 0.25) is 5.28 Å². The predicted octanol–water partition coefficient (Wildman–Crippen LogP) is 3.18. The summed E-state index contributed by atoms with van der Waals surface area (Å²) in [5.41, 5.74) is 1.29. The van der Waals surface area contributed by atoms with Crippen molar-refractivity contribution in [1.29, 1.82) is 0 Å². The molecular formula is C18H20ClFN5O4P. The van der Waals surface area contributed by atoms with Gasteiger partial charge in [-0.1, -0.05) is 12.1 Å². The second-order valence-corrected chi connectivity index (χ2v) is 8.15. The molecule has 160 valence electrons. The fourth-order valence-electron chi connectivity index (χ4n) is 3.33. The number of ether oxygens (including phenoxy) is 2. The molecule has 1 fully saturated rings. The van der Waals surface area contributed by atoms with Crippen molar-refractivity contribution in [3.63, 3.8) is 0 Å². The molecule has 1 saturated heterocycles. The molecule has 0 spiro atoms. The Kier molecular flexibility index (Phi) is 6.72. The van der Waals surface area contributed by atoms with E-state index < -0.39 is 8.38 Å². The van der Waals surface area contributed by atoms with Crippen molar-refractivity contribution >= 4 is 36.8 Å². The lowest BCUT2D eigenvalue weighted by atomic mass is 10.2. The van der Waals surface area contributed by atoms with E-state index in [9.17, 15) is 4.39 Å². The molecule has 0 saturated carbocycles. The number of benzene rings is 1. The summed E-state index contributed by atoms with van der Waals surface area (Å²) < 4.78 is 26.3. The third-order valence-electron chi connectivity index (χ3n) is 4.64. The van der Waals surface area contributed by atoms with Crippen LogP contribution in [0.25, 0.3) is 11.0 Å². The molecule has 2 atom stereocenters. The van der Waals surface area contributed by atoms with E-state index in [1.54, 1.807) is 16.9 Å². The summed E-state index contributed by atoms with van der Waals surface area (Å²) in [6.45, 7) is 0.634. The predicted molar refractivity (Wildman–Crippen MR) is 109 cm³/mol. The van der Waals surface area contributed by atoms with Gasteiger partial charge in [0.2, 0.25) is 5.28 Å². The van der Waals surface area contributed by atoms with E-state index >= 15 is 0 Å². The van der Waals surface area contributed by atoms with Gasteiger partial charge in [0.05, 0.1) is 24.3 Å². The third kappa shape index (κ3) is 5.03. The standard InChI is InChI=1S/C18H20ClFN5O4P/c19-18-23-16(21-7-11-2-1-3-12(20)6-11)14-8-22-25(17(14)24-18)15-5-4-13(29-15)9-28-10-30(26)27/h1-3,6,8,13,15,26-27H,4-5,7,9-10H2,(H,21,23,24). The molecule has 2 aromatic heterocycles. The zero-order valence-corrected chi connectivity index (χ0v) is 17.4. The average molecular weight is 456 g/mol. The molecule has 3 aromatic rings. The van der Waals surface area contributed by atoms with Crippen LogP contribution in [0.3, 0.4) is 0 Å². The summed E-state index contributed by atoms with van der Waals surface area (Å²) in [4.78, 5) is 26.4. The lowest BCUT2D eigenvalue weighted by molar-refractivity contribution is -0.0384. The molecule has 3 heterocycles. The van der Waals surface area contributed by atoms with Crippen molar-refractivity contribution in [2.75, 3.05) is 18.3 Å². The van der Waals surface area contributed by atoms with Crippen molar-refractivity contribution < 1.29 is 23.7 Å². The molecule has 0 radical (unpaired) electrons. The smallest absolute Gasteiger partial charge is 0.226 e. The maximum atomic E-state index is 13.4. The zero-order valence-electron chi connectivity index (χ0n) is 15.8. The van der Waals surface area contributed by atoms with E-state index in [1.165, 1.54) is 12.1 Å². The van der Waals surface area contributed by atoms with E-state index in [2.05, 4.69) is 20.4 Å². The van der Waals surface area contributed by atoms with Crippen LogP contribution in [0, 0.1) is 5.82 Å². The van der Waals surface area contributed by atoms with Gasteiger partial charge < -0.3 is 24.6 Å². The minimum Gasteiger partial charge on any atom is -0.369 e. The van der Waals surface area contributed by atoms with E-state index in [0.29, 0.717) is 29.8 Å². The highest BCUT2D eigenvalue weighted by molar-refractivity contribution is 7.44. The Balaban J connectivity index is 1.48. The van der Waals surface area contributed by atoms with E-state index in [4.69, 9.17) is 30.9 Å². The molecule has 3 N–H and O–H groups in total. The number of hydrogen-bond acceptors (Lipinski definition) is 8. The van der Waals surface area contributed by atoms with Crippen LogP contribution < -0.4 is 5.32 Å². The van der Waals surface area contributed by atoms with Gasteiger partial charge in [-0.05, 0) is 42.1 Å². The van der Waals surface area contributed by atoms with E-state index in [-0.39, 0.29) is 36.4 Å². The fourth-order valence-corrected chi connectivity index (χ4v) is 3.77. The minimum atomic E-state index is -2.08. The van der Waals surface area contributed by atoms with Crippen molar-refractivity contribution in [2.45, 2.75) is 31.7 Å². The molecule has 0 bridgehead atoms. The van der Waals surface area contributed by atoms with Crippen LogP contribution in [0.15, 0.2) is 30.5 Å². The second-order valence-electron chi connectivity index (χ2n) is 6.81. The van der Waals surface area contributed by atoms with Crippen molar-refractivity contribution in [1.82, 2.24) is 19.7 Å². The minimum absolute atomic E-state index is 0.0584. The van der Waals surface area contributed by atoms with Gasteiger partial charge in [-0.25, -0.2) is 9.07 Å². The number of rotatable bonds is 8. The summed E-state index contributed by atoms with van der Waals surface area (Å²) in [7, 11) is -2.08. The van der Waals surface area contributed by atoms with Gasteiger partial charge in [0.1, 0.15) is 18.0 Å². The first kappa shape index (κ1) is 21.3. The summed E-state index contributed by atoms with van der Waals surface area (Å²) in [6.07, 6.45) is 2.45. The SMILES string of the molecule is OP(O)COCC1CCC(n2ncc3c(NCc4cccc(F)c4)nc(Cl)nc32)O1. The molecular weight excluding hydrogens is 436 g/mol. The van der Waals surface area contributed by atoms with Crippen LogP contribution in [0.4, 0.5) is 10.2 Å². The van der Waals surface area contributed by atoms with Crippen LogP contribution in [0.1, 0.15) is 24.6 Å². The quantitative estimate of drug-likeness (QED) is 0.350.